The van der Waals surface area contributed by atoms with Crippen molar-refractivity contribution in [3.05, 3.63) is 14.9 Å². The number of halogens is 2. The van der Waals surface area contributed by atoms with Gasteiger partial charge in [0.05, 0.1) is 28.1 Å². The Labute approximate surface area is 110 Å². The lowest BCUT2D eigenvalue weighted by Gasteiger charge is -2.12. The molecule has 9 heteroatoms. The van der Waals surface area contributed by atoms with Crippen molar-refractivity contribution in [2.75, 3.05) is 13.2 Å². The summed E-state index contributed by atoms with van der Waals surface area (Å²) >= 11 is 9.77. The first-order valence-electron chi connectivity index (χ1n) is 4.09. The van der Waals surface area contributed by atoms with E-state index in [1.54, 1.807) is 0 Å². The van der Waals surface area contributed by atoms with Crippen LogP contribution >= 0.6 is 38.9 Å². The summed E-state index contributed by atoms with van der Waals surface area (Å²) < 4.78 is 26.1. The van der Waals surface area contributed by atoms with Crippen LogP contribution in [0.3, 0.4) is 0 Å². The van der Waals surface area contributed by atoms with Gasteiger partial charge in [0.2, 0.25) is 0 Å². The summed E-state index contributed by atoms with van der Waals surface area (Å²) in [6, 6.07) is 0.384. The van der Waals surface area contributed by atoms with Crippen LogP contribution in [0.4, 0.5) is 0 Å². The summed E-state index contributed by atoms with van der Waals surface area (Å²) in [5.74, 6) is 0. The number of hydrogen-bond donors (Lipinski definition) is 3. The van der Waals surface area contributed by atoms with Crippen molar-refractivity contribution < 1.29 is 18.6 Å². The second kappa shape index (κ2) is 5.76. The molecule has 0 aromatic carbocycles. The first-order valence-corrected chi connectivity index (χ1v) is 7.56. The smallest absolute Gasteiger partial charge is 0.250 e. The molecule has 0 fully saturated rings. The second-order valence-corrected chi connectivity index (χ2v) is 7.59. The van der Waals surface area contributed by atoms with Gasteiger partial charge in [-0.1, -0.05) is 11.6 Å². The quantitative estimate of drug-likeness (QED) is 0.733. The topological polar surface area (TPSA) is 86.6 Å². The van der Waals surface area contributed by atoms with Gasteiger partial charge in [-0.2, -0.15) is 0 Å². The van der Waals surface area contributed by atoms with E-state index < -0.39 is 29.3 Å². The number of aliphatic hydroxyl groups excluding tert-OH is 2. The summed E-state index contributed by atoms with van der Waals surface area (Å²) in [4.78, 5) is 0. The van der Waals surface area contributed by atoms with E-state index in [0.717, 1.165) is 11.3 Å². The lowest BCUT2D eigenvalue weighted by Crippen LogP contribution is -2.39. The molecule has 1 aromatic heterocycles. The van der Waals surface area contributed by atoms with E-state index in [0.29, 0.717) is 8.81 Å². The van der Waals surface area contributed by atoms with Gasteiger partial charge in [-0.25, -0.2) is 13.1 Å². The maximum Gasteiger partial charge on any atom is 0.250 e. The molecule has 0 bridgehead atoms. The van der Waals surface area contributed by atoms with Crippen molar-refractivity contribution in [2.45, 2.75) is 10.3 Å². The number of nitrogens with one attached hydrogen (secondary N) is 1. The van der Waals surface area contributed by atoms with Crippen LogP contribution in [0.5, 0.6) is 0 Å². The Morgan fingerprint density at radius 3 is 2.44 bits per heavy atom. The molecule has 16 heavy (non-hydrogen) atoms. The summed E-state index contributed by atoms with van der Waals surface area (Å²) in [6.07, 6.45) is 0. The van der Waals surface area contributed by atoms with Gasteiger partial charge < -0.3 is 10.2 Å². The number of thiophene rings is 1. The SMILES string of the molecule is O=S(=O)(NC(CO)CO)c1cc(Cl)c(Br)s1. The highest BCUT2D eigenvalue weighted by Crippen LogP contribution is 2.34. The maximum absolute atomic E-state index is 11.7. The molecule has 1 rings (SSSR count). The molecular weight excluding hydrogens is 342 g/mol. The Balaban J connectivity index is 2.94. The van der Waals surface area contributed by atoms with E-state index in [4.69, 9.17) is 21.8 Å². The molecule has 5 nitrogen and oxygen atoms in total. The fraction of sp³-hybridized carbons (Fsp3) is 0.429. The summed E-state index contributed by atoms with van der Waals surface area (Å²) in [5.41, 5.74) is 0. The van der Waals surface area contributed by atoms with Crippen molar-refractivity contribution in [3.63, 3.8) is 0 Å². The van der Waals surface area contributed by atoms with Crippen LogP contribution in [0.1, 0.15) is 0 Å². The molecule has 0 atom stereocenters. The predicted octanol–water partition coefficient (Wildman–Crippen LogP) is 0.795. The van der Waals surface area contributed by atoms with Crippen molar-refractivity contribution in [1.29, 1.82) is 0 Å². The van der Waals surface area contributed by atoms with Crippen molar-refractivity contribution in [2.24, 2.45) is 0 Å². The van der Waals surface area contributed by atoms with E-state index in [-0.39, 0.29) is 4.21 Å². The van der Waals surface area contributed by atoms with Crippen LogP contribution in [0.25, 0.3) is 0 Å². The first-order chi connectivity index (χ1) is 7.40. The number of sulfonamides is 1. The van der Waals surface area contributed by atoms with Gasteiger partial charge in [0.25, 0.3) is 10.0 Å². The van der Waals surface area contributed by atoms with Crippen LogP contribution in [-0.2, 0) is 10.0 Å². The fourth-order valence-corrected chi connectivity index (χ4v) is 4.50. The van der Waals surface area contributed by atoms with Crippen molar-refractivity contribution >= 4 is 48.9 Å². The van der Waals surface area contributed by atoms with Gasteiger partial charge in [0, 0.05) is 0 Å². The monoisotopic (exact) mass is 349 g/mol. The molecule has 0 saturated carbocycles. The third-order valence-corrected chi connectivity index (χ3v) is 6.12. The fourth-order valence-electron chi connectivity index (χ4n) is 0.869. The van der Waals surface area contributed by atoms with Gasteiger partial charge in [-0.15, -0.1) is 11.3 Å². The summed E-state index contributed by atoms with van der Waals surface area (Å²) in [7, 11) is -3.75. The minimum absolute atomic E-state index is 0.0243. The Hall–Kier alpha value is 0.300. The lowest BCUT2D eigenvalue weighted by atomic mass is 10.4. The van der Waals surface area contributed by atoms with Crippen LogP contribution < -0.4 is 4.72 Å². The average Bonchev–Trinajstić information content (AvgIpc) is 2.56. The zero-order chi connectivity index (χ0) is 12.3. The Bertz CT molecular complexity index is 437. The third-order valence-electron chi connectivity index (χ3n) is 1.65. The minimum Gasteiger partial charge on any atom is -0.395 e. The molecule has 3 N–H and O–H groups in total. The van der Waals surface area contributed by atoms with Crippen molar-refractivity contribution in [3.8, 4) is 0 Å². The van der Waals surface area contributed by atoms with Gasteiger partial charge >= 0.3 is 0 Å². The molecule has 0 unspecified atom stereocenters. The molecule has 0 aliphatic rings. The van der Waals surface area contributed by atoms with E-state index in [1.807, 2.05) is 0 Å². The molecule has 0 spiro atoms. The van der Waals surface area contributed by atoms with Crippen LogP contribution in [0, 0.1) is 0 Å². The Morgan fingerprint density at radius 1 is 1.50 bits per heavy atom. The largest absolute Gasteiger partial charge is 0.395 e. The molecular formula is C7H9BrClNO4S2. The van der Waals surface area contributed by atoms with Crippen molar-refractivity contribution in [1.82, 2.24) is 4.72 Å². The number of hydrogen-bond acceptors (Lipinski definition) is 5. The zero-order valence-electron chi connectivity index (χ0n) is 7.85. The molecule has 0 amide bonds. The van der Waals surface area contributed by atoms with E-state index in [1.165, 1.54) is 6.07 Å². The minimum atomic E-state index is -3.75. The van der Waals surface area contributed by atoms with Crippen LogP contribution in [-0.4, -0.2) is 37.9 Å². The highest BCUT2D eigenvalue weighted by molar-refractivity contribution is 9.11. The average molecular weight is 351 g/mol. The highest BCUT2D eigenvalue weighted by atomic mass is 79.9. The third kappa shape index (κ3) is 3.39. The standard InChI is InChI=1S/C7H9BrClNO4S2/c8-7-5(9)1-6(15-7)16(13,14)10-4(2-11)3-12/h1,4,10-12H,2-3H2. The van der Waals surface area contributed by atoms with Gasteiger partial charge in [0.1, 0.15) is 4.21 Å². The molecule has 0 saturated heterocycles. The molecule has 1 heterocycles. The summed E-state index contributed by atoms with van der Waals surface area (Å²) in [6.45, 7) is -0.952. The van der Waals surface area contributed by atoms with Gasteiger partial charge in [0.15, 0.2) is 0 Å². The Morgan fingerprint density at radius 2 is 2.06 bits per heavy atom. The molecule has 0 aliphatic heterocycles. The molecule has 92 valence electrons. The number of rotatable bonds is 5. The highest BCUT2D eigenvalue weighted by Gasteiger charge is 2.22. The van der Waals surface area contributed by atoms with Gasteiger partial charge in [-0.05, 0) is 22.0 Å². The predicted molar refractivity (Wildman–Crippen MR) is 65.3 cm³/mol. The summed E-state index contributed by atoms with van der Waals surface area (Å²) in [5, 5.41) is 17.9. The zero-order valence-corrected chi connectivity index (χ0v) is 11.8. The second-order valence-electron chi connectivity index (χ2n) is 2.87. The molecule has 0 radical (unpaired) electrons. The normalized spacial score (nSPS) is 12.3. The van der Waals surface area contributed by atoms with E-state index >= 15 is 0 Å². The maximum atomic E-state index is 11.7. The first kappa shape index (κ1) is 14.4. The lowest BCUT2D eigenvalue weighted by molar-refractivity contribution is 0.185. The molecule has 0 aliphatic carbocycles. The molecule has 1 aromatic rings. The van der Waals surface area contributed by atoms with E-state index in [2.05, 4.69) is 20.7 Å². The van der Waals surface area contributed by atoms with Crippen LogP contribution in [0.15, 0.2) is 14.1 Å². The van der Waals surface area contributed by atoms with Gasteiger partial charge in [-0.3, -0.25) is 0 Å². The Kier molecular flexibility index (Phi) is 5.17. The van der Waals surface area contributed by atoms with Crippen LogP contribution in [0.2, 0.25) is 5.02 Å². The van der Waals surface area contributed by atoms with E-state index in [9.17, 15) is 8.42 Å². The number of aliphatic hydroxyl groups is 2.